The maximum absolute atomic E-state index is 11.4. The van der Waals surface area contributed by atoms with E-state index in [0.717, 1.165) is 27.0 Å². The van der Waals surface area contributed by atoms with Crippen LogP contribution in [0.5, 0.6) is 0 Å². The Balaban J connectivity index is 4.45. The molecule has 0 aromatic heterocycles. The van der Waals surface area contributed by atoms with Crippen LogP contribution in [-0.2, 0) is 38.2 Å². The van der Waals surface area contributed by atoms with Gasteiger partial charge in [-0.25, -0.2) is 14.4 Å². The minimum atomic E-state index is -3.85. The highest BCUT2D eigenvalue weighted by molar-refractivity contribution is 7.86. The summed E-state index contributed by atoms with van der Waals surface area (Å²) in [5.41, 5.74) is 0. The number of carbonyl (C=O) groups is 3. The highest BCUT2D eigenvalue weighted by atomic mass is 32.2. The molecule has 3 unspecified atom stereocenters. The lowest BCUT2D eigenvalue weighted by atomic mass is 10.3. The van der Waals surface area contributed by atoms with Gasteiger partial charge < -0.3 is 14.6 Å². The molecule has 0 aromatic rings. The zero-order chi connectivity index (χ0) is 16.1. The summed E-state index contributed by atoms with van der Waals surface area (Å²) >= 11 is 0. The zero-order valence-electron chi connectivity index (χ0n) is 11.4. The summed E-state index contributed by atoms with van der Waals surface area (Å²) in [4.78, 5) is 33.3. The Morgan fingerprint density at radius 2 is 1.30 bits per heavy atom. The lowest BCUT2D eigenvalue weighted by Crippen LogP contribution is -2.35. The quantitative estimate of drug-likeness (QED) is 0.478. The molecule has 0 bridgehead atoms. The number of esters is 2. The molecule has 0 aliphatic rings. The number of carboxylic acid groups (broad SMARTS) is 1. The van der Waals surface area contributed by atoms with Gasteiger partial charge in [-0.05, 0) is 20.8 Å². The minimum Gasteiger partial charge on any atom is -0.479 e. The average molecular weight is 312 g/mol. The first-order chi connectivity index (χ1) is 8.94. The number of hydrogen-bond donors (Lipinski definition) is 1. The molecule has 10 heteroatoms. The van der Waals surface area contributed by atoms with Gasteiger partial charge in [-0.2, -0.15) is 8.42 Å². The molecule has 0 aromatic carbocycles. The van der Waals surface area contributed by atoms with Crippen LogP contribution in [-0.4, -0.2) is 56.0 Å². The second kappa shape index (κ2) is 7.20. The molecular formula is C10H16O9S. The number of carbonyl (C=O) groups excluding carboxylic acids is 2. The normalized spacial score (nSPS) is 15.8. The Hall–Kier alpha value is -1.68. The van der Waals surface area contributed by atoms with E-state index in [0.29, 0.717) is 0 Å². The molecule has 20 heavy (non-hydrogen) atoms. The number of hydrogen-bond acceptors (Lipinski definition) is 8. The second-order valence-electron chi connectivity index (χ2n) is 3.94. The fourth-order valence-electron chi connectivity index (χ4n) is 0.940. The molecule has 0 aliphatic carbocycles. The van der Waals surface area contributed by atoms with Crippen LogP contribution >= 0.6 is 0 Å². The molecule has 0 saturated heterocycles. The molecule has 0 amide bonds. The lowest BCUT2D eigenvalue weighted by Gasteiger charge is -2.16. The Morgan fingerprint density at radius 1 is 0.900 bits per heavy atom. The van der Waals surface area contributed by atoms with Crippen LogP contribution in [0.1, 0.15) is 20.8 Å². The van der Waals surface area contributed by atoms with E-state index in [2.05, 4.69) is 13.7 Å². The second-order valence-corrected chi connectivity index (χ2v) is 5.54. The number of rotatable bonds is 7. The van der Waals surface area contributed by atoms with Gasteiger partial charge in [0.1, 0.15) is 0 Å². The number of aliphatic carboxylic acids is 1. The topological polar surface area (TPSA) is 133 Å². The van der Waals surface area contributed by atoms with Crippen LogP contribution in [0.15, 0.2) is 0 Å². The van der Waals surface area contributed by atoms with E-state index >= 15 is 0 Å². The first-order valence-corrected chi connectivity index (χ1v) is 7.27. The van der Waals surface area contributed by atoms with Crippen LogP contribution in [0.25, 0.3) is 0 Å². The third-order valence-electron chi connectivity index (χ3n) is 1.92. The summed E-state index contributed by atoms with van der Waals surface area (Å²) in [6.45, 7) is 3.41. The predicted molar refractivity (Wildman–Crippen MR) is 64.1 cm³/mol. The third-order valence-corrected chi connectivity index (χ3v) is 2.55. The molecule has 0 heterocycles. The smallest absolute Gasteiger partial charge is 0.347 e. The highest BCUT2D eigenvalue weighted by Crippen LogP contribution is 2.05. The summed E-state index contributed by atoms with van der Waals surface area (Å²) in [7, 11) is -3.85. The van der Waals surface area contributed by atoms with Gasteiger partial charge in [0.15, 0.2) is 18.3 Å². The summed E-state index contributed by atoms with van der Waals surface area (Å²) in [5.74, 6) is -3.52. The van der Waals surface area contributed by atoms with Crippen molar-refractivity contribution in [2.24, 2.45) is 0 Å². The molecule has 3 atom stereocenters. The number of carboxylic acids is 1. The van der Waals surface area contributed by atoms with E-state index in [1.54, 1.807) is 0 Å². The van der Waals surface area contributed by atoms with Crippen molar-refractivity contribution in [3.05, 3.63) is 0 Å². The van der Waals surface area contributed by atoms with Gasteiger partial charge in [0.25, 0.3) is 10.1 Å². The fourth-order valence-corrected chi connectivity index (χ4v) is 1.54. The van der Waals surface area contributed by atoms with E-state index in [-0.39, 0.29) is 0 Å². The fraction of sp³-hybridized carbons (Fsp3) is 0.700. The van der Waals surface area contributed by atoms with E-state index < -0.39 is 46.3 Å². The third kappa shape index (κ3) is 7.04. The largest absolute Gasteiger partial charge is 0.479 e. The van der Waals surface area contributed by atoms with Crippen LogP contribution < -0.4 is 0 Å². The van der Waals surface area contributed by atoms with Gasteiger partial charge in [0, 0.05) is 0 Å². The molecular weight excluding hydrogens is 296 g/mol. The predicted octanol–water partition coefficient (Wildman–Crippen LogP) is -0.701. The molecule has 0 radical (unpaired) electrons. The van der Waals surface area contributed by atoms with Crippen molar-refractivity contribution in [3.63, 3.8) is 0 Å². The zero-order valence-corrected chi connectivity index (χ0v) is 12.2. The SMILES string of the molecule is CC(OC(=O)C(C)OC(=O)C(C)OS(C)(=O)=O)C(=O)O. The van der Waals surface area contributed by atoms with Gasteiger partial charge in [-0.15, -0.1) is 0 Å². The summed E-state index contributed by atoms with van der Waals surface area (Å²) < 4.78 is 35.0. The van der Waals surface area contributed by atoms with Gasteiger partial charge in [-0.3, -0.25) is 4.18 Å². The van der Waals surface area contributed by atoms with Crippen LogP contribution in [0.3, 0.4) is 0 Å². The first-order valence-electron chi connectivity index (χ1n) is 5.46. The molecule has 0 fully saturated rings. The van der Waals surface area contributed by atoms with Gasteiger partial charge >= 0.3 is 17.9 Å². The van der Waals surface area contributed by atoms with E-state index in [9.17, 15) is 22.8 Å². The van der Waals surface area contributed by atoms with Crippen molar-refractivity contribution in [3.8, 4) is 0 Å². The van der Waals surface area contributed by atoms with Crippen molar-refractivity contribution in [1.82, 2.24) is 0 Å². The molecule has 116 valence electrons. The first kappa shape index (κ1) is 18.3. The van der Waals surface area contributed by atoms with Crippen molar-refractivity contribution in [1.29, 1.82) is 0 Å². The molecule has 0 rings (SSSR count). The maximum atomic E-state index is 11.4. The minimum absolute atomic E-state index is 0.753. The van der Waals surface area contributed by atoms with E-state index in [1.165, 1.54) is 0 Å². The van der Waals surface area contributed by atoms with Gasteiger partial charge in [0.2, 0.25) is 0 Å². The van der Waals surface area contributed by atoms with Crippen LogP contribution in [0.2, 0.25) is 0 Å². The standard InChI is InChI=1S/C10H16O9S/c1-5(8(11)12)17-9(13)6(2)18-10(14)7(3)19-20(4,15)16/h5-7H,1-4H3,(H,11,12). The van der Waals surface area contributed by atoms with Crippen LogP contribution in [0.4, 0.5) is 0 Å². The molecule has 0 spiro atoms. The van der Waals surface area contributed by atoms with E-state index in [1.807, 2.05) is 0 Å². The lowest BCUT2D eigenvalue weighted by molar-refractivity contribution is -0.177. The van der Waals surface area contributed by atoms with Crippen LogP contribution in [0, 0.1) is 0 Å². The molecule has 0 saturated carbocycles. The average Bonchev–Trinajstić information content (AvgIpc) is 2.25. The Morgan fingerprint density at radius 3 is 1.70 bits per heavy atom. The van der Waals surface area contributed by atoms with Gasteiger partial charge in [0.05, 0.1) is 6.26 Å². The van der Waals surface area contributed by atoms with Crippen molar-refractivity contribution >= 4 is 28.0 Å². The summed E-state index contributed by atoms with van der Waals surface area (Å²) in [6.07, 6.45) is -3.47. The Kier molecular flexibility index (Phi) is 6.59. The highest BCUT2D eigenvalue weighted by Gasteiger charge is 2.27. The van der Waals surface area contributed by atoms with Crippen molar-refractivity contribution < 1.29 is 41.6 Å². The molecule has 1 N–H and O–H groups in total. The Bertz CT molecular complexity index is 481. The number of ether oxygens (including phenoxy) is 2. The maximum Gasteiger partial charge on any atom is 0.347 e. The van der Waals surface area contributed by atoms with Gasteiger partial charge in [-0.1, -0.05) is 0 Å². The molecule has 0 aliphatic heterocycles. The summed E-state index contributed by atoms with van der Waals surface area (Å²) in [6, 6.07) is 0. The molecule has 9 nitrogen and oxygen atoms in total. The monoisotopic (exact) mass is 312 g/mol. The summed E-state index contributed by atoms with van der Waals surface area (Å²) in [5, 5.41) is 8.54. The Labute approximate surface area is 115 Å². The van der Waals surface area contributed by atoms with Crippen molar-refractivity contribution in [2.75, 3.05) is 6.26 Å². The van der Waals surface area contributed by atoms with E-state index in [4.69, 9.17) is 5.11 Å². The van der Waals surface area contributed by atoms with Crippen molar-refractivity contribution in [2.45, 2.75) is 39.1 Å².